The molecule has 0 bridgehead atoms. The van der Waals surface area contributed by atoms with Gasteiger partial charge < -0.3 is 19.9 Å². The van der Waals surface area contributed by atoms with E-state index in [4.69, 9.17) is 26.8 Å². The Bertz CT molecular complexity index is 755. The molecule has 0 atom stereocenters. The van der Waals surface area contributed by atoms with Gasteiger partial charge in [-0.3, -0.25) is 4.79 Å². The molecular weight excluding hydrogens is 350 g/mol. The molecular formula is C16H15NO5S2. The van der Waals surface area contributed by atoms with Crippen LogP contribution in [0, 0.1) is 0 Å². The fraction of sp³-hybridized carbons (Fsp3) is 0.188. The Morgan fingerprint density at radius 2 is 2.17 bits per heavy atom. The topological polar surface area (TPSA) is 84.9 Å². The molecule has 8 heteroatoms. The summed E-state index contributed by atoms with van der Waals surface area (Å²) >= 11 is 6.20. The quantitative estimate of drug-likeness (QED) is 0.592. The van der Waals surface area contributed by atoms with E-state index >= 15 is 0 Å². The number of ether oxygens (including phenoxy) is 2. The number of thiocarbonyl (C=S) groups is 1. The number of carboxylic acid groups (broad SMARTS) is 1. The lowest BCUT2D eigenvalue weighted by molar-refractivity contribution is -0.139. The molecule has 126 valence electrons. The first-order chi connectivity index (χ1) is 11.4. The molecule has 1 aromatic rings. The lowest BCUT2D eigenvalue weighted by Gasteiger charge is -2.09. The molecule has 0 unspecified atom stereocenters. The molecule has 0 saturated carbocycles. The van der Waals surface area contributed by atoms with Gasteiger partial charge in [0.2, 0.25) is 0 Å². The molecule has 0 aliphatic carbocycles. The average molecular weight is 365 g/mol. The summed E-state index contributed by atoms with van der Waals surface area (Å²) < 4.78 is 10.8. The number of rotatable bonds is 6. The zero-order valence-electron chi connectivity index (χ0n) is 13.0. The highest BCUT2D eigenvalue weighted by Crippen LogP contribution is 2.30. The van der Waals surface area contributed by atoms with Crippen LogP contribution in [0.25, 0.3) is 6.08 Å². The van der Waals surface area contributed by atoms with Crippen LogP contribution < -0.4 is 14.8 Å². The molecule has 0 aromatic heterocycles. The number of hydrogen-bond acceptors (Lipinski definition) is 6. The van der Waals surface area contributed by atoms with E-state index in [9.17, 15) is 9.59 Å². The smallest absolute Gasteiger partial charge is 0.341 e. The summed E-state index contributed by atoms with van der Waals surface area (Å²) in [7, 11) is 1.48. The second-order valence-corrected chi connectivity index (χ2v) is 6.47. The Hall–Kier alpha value is -2.32. The summed E-state index contributed by atoms with van der Waals surface area (Å²) in [4.78, 5) is 22.9. The fourth-order valence-electron chi connectivity index (χ4n) is 1.92. The lowest BCUT2D eigenvalue weighted by atomic mass is 10.1. The number of amides is 1. The summed E-state index contributed by atoms with van der Waals surface area (Å²) in [6.45, 7) is 1.39. The van der Waals surface area contributed by atoms with Crippen molar-refractivity contribution in [2.45, 2.75) is 6.92 Å². The minimum Gasteiger partial charge on any atom is -0.493 e. The molecule has 1 aliphatic rings. The first kappa shape index (κ1) is 18.0. The van der Waals surface area contributed by atoms with Gasteiger partial charge in [-0.1, -0.05) is 42.2 Å². The number of carbonyl (C=O) groups is 2. The van der Waals surface area contributed by atoms with E-state index < -0.39 is 12.6 Å². The van der Waals surface area contributed by atoms with Crippen LogP contribution in [-0.4, -0.2) is 35.0 Å². The van der Waals surface area contributed by atoms with Gasteiger partial charge in [0.15, 0.2) is 18.1 Å². The molecule has 24 heavy (non-hydrogen) atoms. The van der Waals surface area contributed by atoms with Crippen LogP contribution in [0.4, 0.5) is 0 Å². The molecule has 1 saturated heterocycles. The minimum atomic E-state index is -1.06. The van der Waals surface area contributed by atoms with Gasteiger partial charge in [-0.15, -0.1) is 0 Å². The summed E-state index contributed by atoms with van der Waals surface area (Å²) in [6, 6.07) is 5.12. The summed E-state index contributed by atoms with van der Waals surface area (Å²) in [5, 5.41) is 11.2. The van der Waals surface area contributed by atoms with E-state index in [1.165, 1.54) is 18.9 Å². The van der Waals surface area contributed by atoms with Crippen LogP contribution in [0.15, 0.2) is 34.8 Å². The maximum absolute atomic E-state index is 11.7. The molecule has 1 aliphatic heterocycles. The second-order valence-electron chi connectivity index (χ2n) is 4.78. The maximum atomic E-state index is 11.7. The highest BCUT2D eigenvalue weighted by atomic mass is 32.2. The standard InChI is InChI=1S/C16H15NO5S2/c1-9(14-15(20)17-16(23)24-14)3-4-10-5-6-11(12(7-10)21-2)22-8-13(18)19/h3-7H,8H2,1-2H3,(H,18,19)(H,17,20,23)/b4-3+,14-9-. The number of nitrogens with one attached hydrogen (secondary N) is 1. The van der Waals surface area contributed by atoms with Crippen molar-refractivity contribution in [1.82, 2.24) is 5.32 Å². The number of carbonyl (C=O) groups excluding carboxylic acids is 1. The van der Waals surface area contributed by atoms with Gasteiger partial charge in [0.05, 0.1) is 12.0 Å². The number of allylic oxidation sites excluding steroid dienone is 2. The van der Waals surface area contributed by atoms with E-state index in [1.54, 1.807) is 18.2 Å². The molecule has 2 N–H and O–H groups in total. The van der Waals surface area contributed by atoms with Crippen LogP contribution in [-0.2, 0) is 9.59 Å². The van der Waals surface area contributed by atoms with Crippen LogP contribution in [0.2, 0.25) is 0 Å². The molecule has 0 spiro atoms. The highest BCUT2D eigenvalue weighted by molar-refractivity contribution is 8.26. The maximum Gasteiger partial charge on any atom is 0.341 e. The Labute approximate surface area is 148 Å². The van der Waals surface area contributed by atoms with E-state index in [0.29, 0.717) is 20.7 Å². The second kappa shape index (κ2) is 7.98. The normalized spacial score (nSPS) is 16.2. The first-order valence-electron chi connectivity index (χ1n) is 6.85. The van der Waals surface area contributed by atoms with Crippen molar-refractivity contribution < 1.29 is 24.2 Å². The predicted molar refractivity (Wildman–Crippen MR) is 96.2 cm³/mol. The van der Waals surface area contributed by atoms with Gasteiger partial charge in [-0.2, -0.15) is 0 Å². The number of carboxylic acids is 1. The third-order valence-corrected chi connectivity index (χ3v) is 4.39. The van der Waals surface area contributed by atoms with Gasteiger partial charge >= 0.3 is 5.97 Å². The van der Waals surface area contributed by atoms with E-state index in [-0.39, 0.29) is 5.91 Å². The van der Waals surface area contributed by atoms with Crippen LogP contribution in [0.5, 0.6) is 11.5 Å². The van der Waals surface area contributed by atoms with Crippen LogP contribution in [0.3, 0.4) is 0 Å². The summed E-state index contributed by atoms with van der Waals surface area (Å²) in [6.07, 6.45) is 3.63. The molecule has 0 radical (unpaired) electrons. The first-order valence-corrected chi connectivity index (χ1v) is 8.08. The molecule has 6 nitrogen and oxygen atoms in total. The van der Waals surface area contributed by atoms with E-state index in [2.05, 4.69) is 5.32 Å². The molecule has 1 heterocycles. The minimum absolute atomic E-state index is 0.192. The molecule has 1 amide bonds. The SMILES string of the molecule is COc1cc(/C=C/C(C)=C2\SC(=S)NC2=O)ccc1OCC(=O)O. The molecule has 1 aromatic carbocycles. The number of benzene rings is 1. The summed E-state index contributed by atoms with van der Waals surface area (Å²) in [5.41, 5.74) is 1.61. The summed E-state index contributed by atoms with van der Waals surface area (Å²) in [5.74, 6) is -0.475. The van der Waals surface area contributed by atoms with Gasteiger partial charge in [0.25, 0.3) is 5.91 Å². The average Bonchev–Trinajstić information content (AvgIpc) is 2.89. The Morgan fingerprint density at radius 1 is 1.42 bits per heavy atom. The largest absolute Gasteiger partial charge is 0.493 e. The zero-order chi connectivity index (χ0) is 17.7. The third-order valence-electron chi connectivity index (χ3n) is 3.04. The lowest BCUT2D eigenvalue weighted by Crippen LogP contribution is -2.18. The van der Waals surface area contributed by atoms with Crippen molar-refractivity contribution in [3.8, 4) is 11.5 Å². The van der Waals surface area contributed by atoms with Gasteiger partial charge in [0.1, 0.15) is 4.32 Å². The number of aliphatic carboxylic acids is 1. The Morgan fingerprint density at radius 3 is 2.75 bits per heavy atom. The van der Waals surface area contributed by atoms with Crippen LogP contribution >= 0.6 is 24.0 Å². The predicted octanol–water partition coefficient (Wildman–Crippen LogP) is 2.59. The monoisotopic (exact) mass is 365 g/mol. The van der Waals surface area contributed by atoms with Crippen molar-refractivity contribution in [1.29, 1.82) is 0 Å². The molecule has 2 rings (SSSR count). The fourth-order valence-corrected chi connectivity index (χ4v) is 2.96. The van der Waals surface area contributed by atoms with Gasteiger partial charge in [-0.05, 0) is 30.2 Å². The number of methoxy groups -OCH3 is 1. The molecule has 1 fully saturated rings. The third kappa shape index (κ3) is 4.59. The van der Waals surface area contributed by atoms with E-state index in [0.717, 1.165) is 11.1 Å². The highest BCUT2D eigenvalue weighted by Gasteiger charge is 2.23. The van der Waals surface area contributed by atoms with Crippen molar-refractivity contribution in [2.24, 2.45) is 0 Å². The van der Waals surface area contributed by atoms with Crippen LogP contribution in [0.1, 0.15) is 12.5 Å². The number of thioether (sulfide) groups is 1. The van der Waals surface area contributed by atoms with Gasteiger partial charge in [0, 0.05) is 0 Å². The van der Waals surface area contributed by atoms with Crippen molar-refractivity contribution in [2.75, 3.05) is 13.7 Å². The zero-order valence-corrected chi connectivity index (χ0v) is 14.6. The Kier molecular flexibility index (Phi) is 5.99. The number of hydrogen-bond donors (Lipinski definition) is 2. The van der Waals surface area contributed by atoms with Crippen molar-refractivity contribution >= 4 is 46.3 Å². The van der Waals surface area contributed by atoms with Crippen molar-refractivity contribution in [3.05, 3.63) is 40.3 Å². The Balaban J connectivity index is 2.18. The van der Waals surface area contributed by atoms with Gasteiger partial charge in [-0.25, -0.2) is 4.79 Å². The van der Waals surface area contributed by atoms with Crippen molar-refractivity contribution in [3.63, 3.8) is 0 Å². The van der Waals surface area contributed by atoms with E-state index in [1.807, 2.05) is 19.1 Å².